The van der Waals surface area contributed by atoms with Gasteiger partial charge < -0.3 is 15.1 Å². The Labute approximate surface area is 169 Å². The molecule has 2 aromatic rings. The van der Waals surface area contributed by atoms with E-state index in [0.29, 0.717) is 13.1 Å². The van der Waals surface area contributed by atoms with E-state index >= 15 is 0 Å². The van der Waals surface area contributed by atoms with Crippen LogP contribution in [0.25, 0.3) is 0 Å². The summed E-state index contributed by atoms with van der Waals surface area (Å²) in [5, 5.41) is 3.85. The number of hydrogen-bond donors (Lipinski definition) is 1. The highest BCUT2D eigenvalue weighted by molar-refractivity contribution is 7.99. The molecule has 6 heteroatoms. The van der Waals surface area contributed by atoms with Crippen LogP contribution < -0.4 is 10.2 Å². The van der Waals surface area contributed by atoms with Gasteiger partial charge in [-0.05, 0) is 60.4 Å². The Morgan fingerprint density at radius 1 is 1.07 bits per heavy atom. The van der Waals surface area contributed by atoms with Gasteiger partial charge in [0.15, 0.2) is 0 Å². The Hall–Kier alpha value is -1.85. The van der Waals surface area contributed by atoms with E-state index in [9.17, 15) is 4.79 Å². The number of carbonyl (C=O) groups is 1. The maximum Gasteiger partial charge on any atom is 0.322 e. The van der Waals surface area contributed by atoms with Gasteiger partial charge in [-0.25, -0.2) is 4.79 Å². The van der Waals surface area contributed by atoms with Crippen molar-refractivity contribution in [3.05, 3.63) is 58.1 Å². The number of anilines is 2. The predicted molar refractivity (Wildman–Crippen MR) is 115 cm³/mol. The van der Waals surface area contributed by atoms with Gasteiger partial charge in [0.25, 0.3) is 0 Å². The Bertz CT molecular complexity index is 851. The monoisotopic (exact) mass is 401 g/mol. The summed E-state index contributed by atoms with van der Waals surface area (Å²) in [6.45, 7) is 5.58. The second kappa shape index (κ2) is 8.03. The van der Waals surface area contributed by atoms with E-state index in [1.54, 1.807) is 0 Å². The minimum atomic E-state index is -0.0409. The van der Waals surface area contributed by atoms with E-state index in [1.807, 2.05) is 40.9 Å². The zero-order chi connectivity index (χ0) is 18.8. The molecule has 2 aliphatic heterocycles. The third-order valence-electron chi connectivity index (χ3n) is 5.30. The third kappa shape index (κ3) is 4.19. The molecule has 0 unspecified atom stereocenters. The SMILES string of the molecule is Cc1cc(N2CCSCC2)ccc1NC(=O)N1CCc2cc(Cl)ccc2C1. The lowest BCUT2D eigenvalue weighted by Crippen LogP contribution is -2.39. The van der Waals surface area contributed by atoms with Crippen molar-refractivity contribution in [2.75, 3.05) is 41.4 Å². The van der Waals surface area contributed by atoms with Gasteiger partial charge in [0, 0.05) is 54.1 Å². The van der Waals surface area contributed by atoms with Crippen LogP contribution in [-0.2, 0) is 13.0 Å². The van der Waals surface area contributed by atoms with Crippen LogP contribution in [0.1, 0.15) is 16.7 Å². The van der Waals surface area contributed by atoms with Crippen molar-refractivity contribution in [3.63, 3.8) is 0 Å². The fourth-order valence-electron chi connectivity index (χ4n) is 3.70. The van der Waals surface area contributed by atoms with Crippen LogP contribution in [0.3, 0.4) is 0 Å². The standard InChI is InChI=1S/C21H24ClN3OS/c1-15-12-19(24-8-10-27-11-9-24)4-5-20(15)23-21(26)25-7-6-16-13-18(22)3-2-17(16)14-25/h2-5,12-13H,6-11,14H2,1H3,(H,23,26). The molecule has 4 nitrogen and oxygen atoms in total. The molecule has 1 saturated heterocycles. The van der Waals surface area contributed by atoms with Crippen molar-refractivity contribution in [3.8, 4) is 0 Å². The molecule has 4 rings (SSSR count). The van der Waals surface area contributed by atoms with Crippen LogP contribution in [0.2, 0.25) is 5.02 Å². The first kappa shape index (κ1) is 18.5. The molecule has 0 aliphatic carbocycles. The average Bonchev–Trinajstić information content (AvgIpc) is 2.69. The normalized spacial score (nSPS) is 16.8. The van der Waals surface area contributed by atoms with Gasteiger partial charge in [-0.15, -0.1) is 0 Å². The number of carbonyl (C=O) groups excluding carboxylic acids is 1. The maximum absolute atomic E-state index is 12.8. The number of rotatable bonds is 2. The zero-order valence-electron chi connectivity index (χ0n) is 15.5. The first-order valence-corrected chi connectivity index (χ1v) is 10.9. The largest absolute Gasteiger partial charge is 0.370 e. The smallest absolute Gasteiger partial charge is 0.322 e. The topological polar surface area (TPSA) is 35.6 Å². The van der Waals surface area contributed by atoms with Crippen LogP contribution in [0.15, 0.2) is 36.4 Å². The molecule has 1 N–H and O–H groups in total. The first-order valence-electron chi connectivity index (χ1n) is 9.37. The number of thioether (sulfide) groups is 1. The van der Waals surface area contributed by atoms with Crippen molar-refractivity contribution >= 4 is 40.8 Å². The highest BCUT2D eigenvalue weighted by Gasteiger charge is 2.21. The Balaban J connectivity index is 1.43. The van der Waals surface area contributed by atoms with E-state index in [-0.39, 0.29) is 6.03 Å². The van der Waals surface area contributed by atoms with Crippen LogP contribution in [0.5, 0.6) is 0 Å². The molecular weight excluding hydrogens is 378 g/mol. The molecule has 142 valence electrons. The van der Waals surface area contributed by atoms with Crippen LogP contribution in [0.4, 0.5) is 16.2 Å². The van der Waals surface area contributed by atoms with Crippen molar-refractivity contribution in [1.82, 2.24) is 4.90 Å². The highest BCUT2D eigenvalue weighted by atomic mass is 35.5. The van der Waals surface area contributed by atoms with Crippen LogP contribution >= 0.6 is 23.4 Å². The fraction of sp³-hybridized carbons (Fsp3) is 0.381. The molecule has 0 aromatic heterocycles. The summed E-state index contributed by atoms with van der Waals surface area (Å²) in [5.41, 5.74) is 5.65. The average molecular weight is 402 g/mol. The number of hydrogen-bond acceptors (Lipinski definition) is 3. The Kier molecular flexibility index (Phi) is 5.50. The van der Waals surface area contributed by atoms with Gasteiger partial charge >= 0.3 is 6.03 Å². The molecule has 0 saturated carbocycles. The Morgan fingerprint density at radius 3 is 2.67 bits per heavy atom. The number of fused-ring (bicyclic) bond motifs is 1. The van der Waals surface area contributed by atoms with Crippen molar-refractivity contribution in [1.29, 1.82) is 0 Å². The second-order valence-corrected chi connectivity index (χ2v) is 8.77. The summed E-state index contributed by atoms with van der Waals surface area (Å²) in [5.74, 6) is 2.36. The molecule has 0 bridgehead atoms. The van der Waals surface area contributed by atoms with Gasteiger partial charge in [0.2, 0.25) is 0 Å². The molecule has 2 aliphatic rings. The predicted octanol–water partition coefficient (Wildman–Crippen LogP) is 4.79. The molecule has 0 spiro atoms. The van der Waals surface area contributed by atoms with E-state index in [1.165, 1.54) is 28.3 Å². The molecule has 0 atom stereocenters. The van der Waals surface area contributed by atoms with Gasteiger partial charge in [-0.2, -0.15) is 11.8 Å². The van der Waals surface area contributed by atoms with Gasteiger partial charge in [-0.3, -0.25) is 0 Å². The summed E-state index contributed by atoms with van der Waals surface area (Å²) in [7, 11) is 0. The van der Waals surface area contributed by atoms with Gasteiger partial charge in [0.05, 0.1) is 0 Å². The summed E-state index contributed by atoms with van der Waals surface area (Å²) < 4.78 is 0. The molecule has 2 amide bonds. The highest BCUT2D eigenvalue weighted by Crippen LogP contribution is 2.26. The van der Waals surface area contributed by atoms with E-state index < -0.39 is 0 Å². The van der Waals surface area contributed by atoms with Crippen LogP contribution in [-0.4, -0.2) is 42.1 Å². The van der Waals surface area contributed by atoms with E-state index in [4.69, 9.17) is 11.6 Å². The minimum Gasteiger partial charge on any atom is -0.370 e. The molecule has 1 fully saturated rings. The summed E-state index contributed by atoms with van der Waals surface area (Å²) in [4.78, 5) is 17.0. The quantitative estimate of drug-likeness (QED) is 0.785. The van der Waals surface area contributed by atoms with E-state index in [2.05, 4.69) is 29.3 Å². The van der Waals surface area contributed by atoms with E-state index in [0.717, 1.165) is 35.8 Å². The van der Waals surface area contributed by atoms with Crippen molar-refractivity contribution in [2.45, 2.75) is 19.9 Å². The Morgan fingerprint density at radius 2 is 1.89 bits per heavy atom. The number of nitrogens with zero attached hydrogens (tertiary/aromatic N) is 2. The number of nitrogens with one attached hydrogen (secondary N) is 1. The summed E-state index contributed by atoms with van der Waals surface area (Å²) in [6.07, 6.45) is 0.841. The van der Waals surface area contributed by atoms with Gasteiger partial charge in [-0.1, -0.05) is 17.7 Å². The lowest BCUT2D eigenvalue weighted by Gasteiger charge is -2.30. The zero-order valence-corrected chi connectivity index (χ0v) is 17.1. The van der Waals surface area contributed by atoms with Crippen LogP contribution in [0, 0.1) is 6.92 Å². The first-order chi connectivity index (χ1) is 13.1. The molecule has 2 heterocycles. The minimum absolute atomic E-state index is 0.0409. The number of urea groups is 1. The number of halogens is 1. The number of aryl methyl sites for hydroxylation is 1. The number of amides is 2. The fourth-order valence-corrected chi connectivity index (χ4v) is 4.79. The maximum atomic E-state index is 12.8. The molecular formula is C21H24ClN3OS. The molecule has 2 aromatic carbocycles. The number of benzene rings is 2. The van der Waals surface area contributed by atoms with Gasteiger partial charge in [0.1, 0.15) is 0 Å². The summed E-state index contributed by atoms with van der Waals surface area (Å²) >= 11 is 8.08. The lowest BCUT2D eigenvalue weighted by atomic mass is 10.0. The second-order valence-electron chi connectivity index (χ2n) is 7.11. The summed E-state index contributed by atoms with van der Waals surface area (Å²) in [6, 6.07) is 12.2. The third-order valence-corrected chi connectivity index (χ3v) is 6.47. The van der Waals surface area contributed by atoms with Crippen molar-refractivity contribution < 1.29 is 4.79 Å². The lowest BCUT2D eigenvalue weighted by molar-refractivity contribution is 0.206. The molecule has 27 heavy (non-hydrogen) atoms. The van der Waals surface area contributed by atoms with Crippen molar-refractivity contribution in [2.24, 2.45) is 0 Å². The molecule has 0 radical (unpaired) electrons.